The number of hydrogen-bond acceptors (Lipinski definition) is 5. The molecule has 2 atom stereocenters. The molecule has 114 valence electrons. The van der Waals surface area contributed by atoms with Crippen LogP contribution in [-0.2, 0) is 9.59 Å². The highest BCUT2D eigenvalue weighted by Gasteiger charge is 2.41. The second-order valence-electron chi connectivity index (χ2n) is 4.63. The zero-order chi connectivity index (χ0) is 15.6. The fourth-order valence-electron chi connectivity index (χ4n) is 2.53. The van der Waals surface area contributed by atoms with Gasteiger partial charge in [0.1, 0.15) is 5.92 Å². The number of carbonyl (C=O) groups excluding carboxylic acids is 1. The molecule has 1 aromatic rings. The van der Waals surface area contributed by atoms with Crippen molar-refractivity contribution in [3.8, 4) is 17.2 Å². The van der Waals surface area contributed by atoms with E-state index in [-0.39, 0.29) is 6.54 Å². The predicted octanol–water partition coefficient (Wildman–Crippen LogP) is 0.627. The van der Waals surface area contributed by atoms with Gasteiger partial charge in [-0.2, -0.15) is 0 Å². The van der Waals surface area contributed by atoms with Crippen LogP contribution in [0.3, 0.4) is 0 Å². The molecule has 7 nitrogen and oxygen atoms in total. The molecule has 1 fully saturated rings. The van der Waals surface area contributed by atoms with Crippen LogP contribution in [0, 0.1) is 5.92 Å². The summed E-state index contributed by atoms with van der Waals surface area (Å²) in [5.41, 5.74) is 0.648. The van der Waals surface area contributed by atoms with E-state index in [0.717, 1.165) is 0 Å². The summed E-state index contributed by atoms with van der Waals surface area (Å²) in [6, 6.07) is 3.34. The summed E-state index contributed by atoms with van der Waals surface area (Å²) in [5, 5.41) is 11.8. The van der Waals surface area contributed by atoms with Gasteiger partial charge in [-0.25, -0.2) is 0 Å². The number of nitrogens with one attached hydrogen (secondary N) is 1. The number of ether oxygens (including phenoxy) is 3. The maximum absolute atomic E-state index is 11.7. The minimum absolute atomic E-state index is 0.258. The van der Waals surface area contributed by atoms with Crippen LogP contribution >= 0.6 is 0 Å². The highest BCUT2D eigenvalue weighted by molar-refractivity contribution is 6.00. The molecule has 0 saturated carbocycles. The van der Waals surface area contributed by atoms with Gasteiger partial charge in [-0.05, 0) is 17.7 Å². The first-order chi connectivity index (χ1) is 10.0. The predicted molar refractivity (Wildman–Crippen MR) is 73.0 cm³/mol. The van der Waals surface area contributed by atoms with E-state index < -0.39 is 23.7 Å². The molecule has 0 spiro atoms. The maximum Gasteiger partial charge on any atom is 0.316 e. The lowest BCUT2D eigenvalue weighted by molar-refractivity contribution is -0.145. The highest BCUT2D eigenvalue weighted by Crippen LogP contribution is 2.42. The average Bonchev–Trinajstić information content (AvgIpc) is 2.87. The summed E-state index contributed by atoms with van der Waals surface area (Å²) >= 11 is 0. The molecular weight excluding hydrogens is 278 g/mol. The molecule has 7 heteroatoms. The van der Waals surface area contributed by atoms with Crippen molar-refractivity contribution < 1.29 is 28.9 Å². The molecule has 1 aliphatic rings. The maximum atomic E-state index is 11.7. The Morgan fingerprint density at radius 3 is 2.19 bits per heavy atom. The third-order valence-electron chi connectivity index (χ3n) is 3.56. The first-order valence-electron chi connectivity index (χ1n) is 6.33. The fourth-order valence-corrected chi connectivity index (χ4v) is 2.53. The number of carboxylic acids is 1. The summed E-state index contributed by atoms with van der Waals surface area (Å²) in [6.07, 6.45) is 0. The summed E-state index contributed by atoms with van der Waals surface area (Å²) in [4.78, 5) is 22.9. The van der Waals surface area contributed by atoms with E-state index in [2.05, 4.69) is 5.32 Å². The monoisotopic (exact) mass is 295 g/mol. The Labute approximate surface area is 121 Å². The van der Waals surface area contributed by atoms with Crippen molar-refractivity contribution >= 4 is 11.9 Å². The topological polar surface area (TPSA) is 94.1 Å². The first kappa shape index (κ1) is 15.0. The van der Waals surface area contributed by atoms with Gasteiger partial charge >= 0.3 is 5.97 Å². The van der Waals surface area contributed by atoms with Crippen LogP contribution in [0.5, 0.6) is 17.2 Å². The zero-order valence-electron chi connectivity index (χ0n) is 12.0. The van der Waals surface area contributed by atoms with Crippen molar-refractivity contribution in [1.82, 2.24) is 5.32 Å². The number of rotatable bonds is 5. The number of methoxy groups -OCH3 is 3. The summed E-state index contributed by atoms with van der Waals surface area (Å²) in [7, 11) is 4.45. The van der Waals surface area contributed by atoms with Crippen molar-refractivity contribution in [2.45, 2.75) is 5.92 Å². The molecule has 2 N–H and O–H groups in total. The normalized spacial score (nSPS) is 20.8. The van der Waals surface area contributed by atoms with E-state index in [9.17, 15) is 14.7 Å². The van der Waals surface area contributed by atoms with Crippen LogP contribution in [0.1, 0.15) is 11.5 Å². The van der Waals surface area contributed by atoms with E-state index in [1.165, 1.54) is 21.3 Å². The van der Waals surface area contributed by atoms with Crippen LogP contribution in [0.25, 0.3) is 0 Å². The van der Waals surface area contributed by atoms with Gasteiger partial charge in [0.05, 0.1) is 21.3 Å². The molecule has 0 aliphatic carbocycles. The van der Waals surface area contributed by atoms with E-state index in [0.29, 0.717) is 22.8 Å². The zero-order valence-corrected chi connectivity index (χ0v) is 12.0. The summed E-state index contributed by atoms with van der Waals surface area (Å²) in [5.74, 6) is -1.96. The Morgan fingerprint density at radius 2 is 1.76 bits per heavy atom. The Bertz CT molecular complexity index is 546. The second-order valence-corrected chi connectivity index (χ2v) is 4.63. The number of benzene rings is 1. The first-order valence-corrected chi connectivity index (χ1v) is 6.33. The molecule has 0 aromatic heterocycles. The van der Waals surface area contributed by atoms with Gasteiger partial charge < -0.3 is 24.6 Å². The molecule has 1 aliphatic heterocycles. The molecule has 0 radical (unpaired) electrons. The molecule has 0 unspecified atom stereocenters. The fraction of sp³-hybridized carbons (Fsp3) is 0.429. The molecular formula is C14H17NO6. The Hall–Kier alpha value is -2.44. The minimum Gasteiger partial charge on any atom is -0.493 e. The lowest BCUT2D eigenvalue weighted by Gasteiger charge is -2.18. The Kier molecular flexibility index (Phi) is 4.21. The second kappa shape index (κ2) is 5.90. The lowest BCUT2D eigenvalue weighted by Crippen LogP contribution is -2.26. The van der Waals surface area contributed by atoms with Gasteiger partial charge in [-0.3, -0.25) is 9.59 Å². The van der Waals surface area contributed by atoms with Gasteiger partial charge in [-0.1, -0.05) is 0 Å². The van der Waals surface area contributed by atoms with Crippen molar-refractivity contribution in [3.63, 3.8) is 0 Å². The number of carbonyl (C=O) groups is 2. The summed E-state index contributed by atoms with van der Waals surface area (Å²) < 4.78 is 15.7. The van der Waals surface area contributed by atoms with Crippen LogP contribution in [0.2, 0.25) is 0 Å². The summed E-state index contributed by atoms with van der Waals surface area (Å²) in [6.45, 7) is 0.258. The smallest absolute Gasteiger partial charge is 0.316 e. The van der Waals surface area contributed by atoms with Crippen molar-refractivity contribution in [1.29, 1.82) is 0 Å². The van der Waals surface area contributed by atoms with Gasteiger partial charge in [0.25, 0.3) is 0 Å². The van der Waals surface area contributed by atoms with Gasteiger partial charge in [0, 0.05) is 12.5 Å². The van der Waals surface area contributed by atoms with Gasteiger partial charge in [0.2, 0.25) is 11.7 Å². The SMILES string of the molecule is COc1cc([C@H]2CNC(=O)[C@@H]2C(=O)O)cc(OC)c1OC. The molecule has 1 amide bonds. The largest absolute Gasteiger partial charge is 0.493 e. The highest BCUT2D eigenvalue weighted by atomic mass is 16.5. The standard InChI is InChI=1S/C14H17NO6/c1-19-9-4-7(5-10(20-2)12(9)21-3)8-6-15-13(16)11(8)14(17)18/h4-5,8,11H,6H2,1-3H3,(H,15,16)(H,17,18)/t8-,11-/m1/s1. The van der Waals surface area contributed by atoms with Crippen LogP contribution in [0.4, 0.5) is 0 Å². The van der Waals surface area contributed by atoms with Crippen molar-refractivity contribution in [3.05, 3.63) is 17.7 Å². The van der Waals surface area contributed by atoms with Crippen LogP contribution in [-0.4, -0.2) is 44.9 Å². The third-order valence-corrected chi connectivity index (χ3v) is 3.56. The lowest BCUT2D eigenvalue weighted by atomic mass is 9.88. The quantitative estimate of drug-likeness (QED) is 0.774. The van der Waals surface area contributed by atoms with Crippen molar-refractivity contribution in [2.75, 3.05) is 27.9 Å². The van der Waals surface area contributed by atoms with Crippen LogP contribution in [0.15, 0.2) is 12.1 Å². The number of amides is 1. The third kappa shape index (κ3) is 2.58. The van der Waals surface area contributed by atoms with E-state index >= 15 is 0 Å². The van der Waals surface area contributed by atoms with Gasteiger partial charge in [0.15, 0.2) is 11.5 Å². The molecule has 21 heavy (non-hydrogen) atoms. The van der Waals surface area contributed by atoms with E-state index in [1.54, 1.807) is 12.1 Å². The van der Waals surface area contributed by atoms with Crippen LogP contribution < -0.4 is 19.5 Å². The number of hydrogen-bond donors (Lipinski definition) is 2. The Balaban J connectivity index is 2.49. The van der Waals surface area contributed by atoms with Gasteiger partial charge in [-0.15, -0.1) is 0 Å². The molecule has 0 bridgehead atoms. The van der Waals surface area contributed by atoms with Crippen molar-refractivity contribution in [2.24, 2.45) is 5.92 Å². The number of carboxylic acid groups (broad SMARTS) is 1. The Morgan fingerprint density at radius 1 is 1.19 bits per heavy atom. The van der Waals surface area contributed by atoms with E-state index in [4.69, 9.17) is 14.2 Å². The number of aliphatic carboxylic acids is 1. The molecule has 1 heterocycles. The molecule has 1 aromatic carbocycles. The minimum atomic E-state index is -1.15. The van der Waals surface area contributed by atoms with E-state index in [1.807, 2.05) is 0 Å². The molecule has 2 rings (SSSR count). The molecule has 1 saturated heterocycles. The average molecular weight is 295 g/mol.